The third kappa shape index (κ3) is 2.15. The molecule has 1 amide bonds. The molecule has 0 fully saturated rings. The van der Waals surface area contributed by atoms with Crippen molar-refractivity contribution in [2.24, 2.45) is 0 Å². The van der Waals surface area contributed by atoms with Crippen molar-refractivity contribution in [3.8, 4) is 0 Å². The molecule has 1 aliphatic rings. The Bertz CT molecular complexity index is 755. The number of anilines is 2. The molecule has 0 aliphatic carbocycles. The molecular weight excluding hydrogens is 297 g/mol. The first-order chi connectivity index (χ1) is 9.99. The first-order valence-electron chi connectivity index (χ1n) is 6.12. The maximum absolute atomic E-state index is 14.0. The SMILES string of the molecule is O=C(O)c1ccc2c(c1)CC(=O)N2c1c(F)cccc1Cl. The second kappa shape index (κ2) is 4.86. The molecule has 0 aromatic heterocycles. The molecule has 3 rings (SSSR count). The zero-order valence-corrected chi connectivity index (χ0v) is 11.4. The second-order valence-electron chi connectivity index (χ2n) is 4.62. The number of rotatable bonds is 2. The lowest BCUT2D eigenvalue weighted by molar-refractivity contribution is -0.116. The number of halogens is 2. The van der Waals surface area contributed by atoms with Gasteiger partial charge in [0.25, 0.3) is 0 Å². The molecule has 0 radical (unpaired) electrons. The predicted octanol–water partition coefficient (Wildman–Crippen LogP) is 3.40. The van der Waals surface area contributed by atoms with Gasteiger partial charge in [0.15, 0.2) is 0 Å². The van der Waals surface area contributed by atoms with Crippen molar-refractivity contribution >= 4 is 34.9 Å². The molecule has 0 saturated carbocycles. The molecule has 106 valence electrons. The molecule has 0 saturated heterocycles. The Balaban J connectivity index is 2.16. The van der Waals surface area contributed by atoms with Crippen LogP contribution in [0.4, 0.5) is 15.8 Å². The summed E-state index contributed by atoms with van der Waals surface area (Å²) in [5.74, 6) is -2.03. The summed E-state index contributed by atoms with van der Waals surface area (Å²) in [6.45, 7) is 0. The molecule has 2 aromatic rings. The highest BCUT2D eigenvalue weighted by Crippen LogP contribution is 2.40. The van der Waals surface area contributed by atoms with Gasteiger partial charge in [0.2, 0.25) is 5.91 Å². The van der Waals surface area contributed by atoms with E-state index in [0.717, 1.165) is 0 Å². The minimum atomic E-state index is -1.08. The Morgan fingerprint density at radius 3 is 2.71 bits per heavy atom. The monoisotopic (exact) mass is 305 g/mol. The number of carbonyl (C=O) groups is 2. The molecule has 0 bridgehead atoms. The van der Waals surface area contributed by atoms with Gasteiger partial charge in [-0.05, 0) is 35.9 Å². The van der Waals surface area contributed by atoms with Gasteiger partial charge >= 0.3 is 5.97 Å². The summed E-state index contributed by atoms with van der Waals surface area (Å²) in [6.07, 6.45) is 0.0150. The molecule has 0 atom stereocenters. The molecule has 0 spiro atoms. The number of aromatic carboxylic acids is 1. The van der Waals surface area contributed by atoms with Crippen molar-refractivity contribution in [3.63, 3.8) is 0 Å². The highest BCUT2D eigenvalue weighted by molar-refractivity contribution is 6.34. The van der Waals surface area contributed by atoms with Gasteiger partial charge in [-0.1, -0.05) is 17.7 Å². The summed E-state index contributed by atoms with van der Waals surface area (Å²) in [6, 6.07) is 8.46. The zero-order valence-electron chi connectivity index (χ0n) is 10.6. The van der Waals surface area contributed by atoms with Gasteiger partial charge in [-0.25, -0.2) is 9.18 Å². The van der Waals surface area contributed by atoms with E-state index in [-0.39, 0.29) is 28.6 Å². The molecular formula is C15H9ClFNO3. The topological polar surface area (TPSA) is 57.6 Å². The predicted molar refractivity (Wildman–Crippen MR) is 75.7 cm³/mol. The highest BCUT2D eigenvalue weighted by atomic mass is 35.5. The van der Waals surface area contributed by atoms with Crippen molar-refractivity contribution in [1.82, 2.24) is 0 Å². The Kier molecular flexibility index (Phi) is 3.14. The van der Waals surface area contributed by atoms with Crippen molar-refractivity contribution < 1.29 is 19.1 Å². The molecule has 2 aromatic carbocycles. The number of benzene rings is 2. The number of para-hydroxylation sites is 1. The van der Waals surface area contributed by atoms with E-state index in [9.17, 15) is 14.0 Å². The summed E-state index contributed by atoms with van der Waals surface area (Å²) in [5.41, 5.74) is 1.07. The molecule has 4 nitrogen and oxygen atoms in total. The van der Waals surface area contributed by atoms with Gasteiger partial charge in [-0.15, -0.1) is 0 Å². The zero-order chi connectivity index (χ0) is 15.1. The van der Waals surface area contributed by atoms with E-state index >= 15 is 0 Å². The van der Waals surface area contributed by atoms with E-state index in [2.05, 4.69) is 0 Å². The van der Waals surface area contributed by atoms with Crippen LogP contribution in [0.1, 0.15) is 15.9 Å². The van der Waals surface area contributed by atoms with Gasteiger partial charge in [0.05, 0.1) is 22.7 Å². The molecule has 1 aliphatic heterocycles. The van der Waals surface area contributed by atoms with E-state index in [1.54, 1.807) is 0 Å². The number of fused-ring (bicyclic) bond motifs is 1. The van der Waals surface area contributed by atoms with E-state index in [4.69, 9.17) is 16.7 Å². The van der Waals surface area contributed by atoms with Crippen LogP contribution in [0, 0.1) is 5.82 Å². The number of hydrogen-bond acceptors (Lipinski definition) is 2. The second-order valence-corrected chi connectivity index (χ2v) is 5.03. The Morgan fingerprint density at radius 2 is 2.05 bits per heavy atom. The number of carboxylic acid groups (broad SMARTS) is 1. The first-order valence-corrected chi connectivity index (χ1v) is 6.50. The van der Waals surface area contributed by atoms with Crippen LogP contribution < -0.4 is 4.90 Å². The molecule has 21 heavy (non-hydrogen) atoms. The highest BCUT2D eigenvalue weighted by Gasteiger charge is 2.32. The van der Waals surface area contributed by atoms with Crippen LogP contribution in [0.3, 0.4) is 0 Å². The van der Waals surface area contributed by atoms with Gasteiger partial charge in [0.1, 0.15) is 11.5 Å². The van der Waals surface area contributed by atoms with Crippen LogP contribution in [0.25, 0.3) is 0 Å². The Labute approximate surface area is 124 Å². The van der Waals surface area contributed by atoms with Crippen LogP contribution >= 0.6 is 11.6 Å². The minimum absolute atomic E-state index is 0.00834. The van der Waals surface area contributed by atoms with Gasteiger partial charge < -0.3 is 5.11 Å². The van der Waals surface area contributed by atoms with Crippen LogP contribution in [-0.4, -0.2) is 17.0 Å². The lowest BCUT2D eigenvalue weighted by atomic mass is 10.1. The Hall–Kier alpha value is -2.40. The number of carbonyl (C=O) groups excluding carboxylic acids is 1. The third-order valence-corrected chi connectivity index (χ3v) is 3.62. The summed E-state index contributed by atoms with van der Waals surface area (Å²) in [7, 11) is 0. The minimum Gasteiger partial charge on any atom is -0.478 e. The fraction of sp³-hybridized carbons (Fsp3) is 0.0667. The maximum Gasteiger partial charge on any atom is 0.335 e. The summed E-state index contributed by atoms with van der Waals surface area (Å²) in [5, 5.41) is 9.10. The van der Waals surface area contributed by atoms with Gasteiger partial charge in [-0.2, -0.15) is 0 Å². The van der Waals surface area contributed by atoms with Crippen molar-refractivity contribution in [3.05, 3.63) is 58.4 Å². The van der Waals surface area contributed by atoms with Crippen molar-refractivity contribution in [2.75, 3.05) is 4.90 Å². The Morgan fingerprint density at radius 1 is 1.29 bits per heavy atom. The van der Waals surface area contributed by atoms with Crippen LogP contribution in [-0.2, 0) is 11.2 Å². The van der Waals surface area contributed by atoms with Crippen LogP contribution in [0.15, 0.2) is 36.4 Å². The lowest BCUT2D eigenvalue weighted by Crippen LogP contribution is -2.22. The third-order valence-electron chi connectivity index (χ3n) is 3.32. The smallest absolute Gasteiger partial charge is 0.335 e. The van der Waals surface area contributed by atoms with Gasteiger partial charge in [-0.3, -0.25) is 9.69 Å². The summed E-state index contributed by atoms with van der Waals surface area (Å²) < 4.78 is 14.0. The summed E-state index contributed by atoms with van der Waals surface area (Å²) >= 11 is 6.00. The fourth-order valence-electron chi connectivity index (χ4n) is 2.40. The van der Waals surface area contributed by atoms with Crippen LogP contribution in [0.5, 0.6) is 0 Å². The number of nitrogens with zero attached hydrogens (tertiary/aromatic N) is 1. The number of amides is 1. The molecule has 6 heteroatoms. The van der Waals surface area contributed by atoms with Crippen molar-refractivity contribution in [1.29, 1.82) is 0 Å². The van der Waals surface area contributed by atoms with Crippen molar-refractivity contribution in [2.45, 2.75) is 6.42 Å². The number of hydrogen-bond donors (Lipinski definition) is 1. The number of carboxylic acids is 1. The first kappa shape index (κ1) is 13.6. The van der Waals surface area contributed by atoms with E-state index in [1.165, 1.54) is 41.3 Å². The van der Waals surface area contributed by atoms with Gasteiger partial charge in [0, 0.05) is 0 Å². The lowest BCUT2D eigenvalue weighted by Gasteiger charge is -2.19. The quantitative estimate of drug-likeness (QED) is 0.925. The molecule has 1 heterocycles. The standard InChI is InChI=1S/C15H9ClFNO3/c16-10-2-1-3-11(17)14(10)18-12-5-4-8(15(20)21)6-9(12)7-13(18)19/h1-6H,7H2,(H,20,21). The average molecular weight is 306 g/mol. The van der Waals surface area contributed by atoms with E-state index in [1.807, 2.05) is 0 Å². The molecule has 0 unspecified atom stereocenters. The van der Waals surface area contributed by atoms with Crippen LogP contribution in [0.2, 0.25) is 5.02 Å². The van der Waals surface area contributed by atoms with E-state index < -0.39 is 11.8 Å². The largest absolute Gasteiger partial charge is 0.478 e. The van der Waals surface area contributed by atoms with E-state index in [0.29, 0.717) is 11.3 Å². The normalized spacial score (nSPS) is 13.4. The maximum atomic E-state index is 14.0. The fourth-order valence-corrected chi connectivity index (χ4v) is 2.65. The summed E-state index contributed by atoms with van der Waals surface area (Å²) in [4.78, 5) is 24.3. The molecule has 1 N–H and O–H groups in total. The average Bonchev–Trinajstić information content (AvgIpc) is 2.74.